The lowest BCUT2D eigenvalue weighted by atomic mass is 9.79. The summed E-state index contributed by atoms with van der Waals surface area (Å²) >= 11 is 6.15. The Kier molecular flexibility index (Phi) is 4.97. The molecule has 1 aliphatic rings. The Morgan fingerprint density at radius 2 is 2.00 bits per heavy atom. The summed E-state index contributed by atoms with van der Waals surface area (Å²) in [6.45, 7) is 2.63. The third kappa shape index (κ3) is 3.67. The summed E-state index contributed by atoms with van der Waals surface area (Å²) in [4.78, 5) is 0. The summed E-state index contributed by atoms with van der Waals surface area (Å²) in [5, 5.41) is 3.75. The fraction of sp³-hybridized carbons (Fsp3) is 0.600. The molecule has 0 aliphatic heterocycles. The maximum atomic E-state index is 13.4. The van der Waals surface area contributed by atoms with E-state index < -0.39 is 5.92 Å². The van der Waals surface area contributed by atoms with Crippen LogP contribution in [-0.4, -0.2) is 12.5 Å². The van der Waals surface area contributed by atoms with Crippen LogP contribution in [0.1, 0.15) is 44.2 Å². The van der Waals surface area contributed by atoms with Crippen molar-refractivity contribution >= 4 is 11.6 Å². The van der Waals surface area contributed by atoms with Crippen LogP contribution < -0.4 is 5.32 Å². The molecule has 1 aromatic rings. The number of nitrogens with one attached hydrogen (secondary N) is 1. The maximum absolute atomic E-state index is 13.4. The van der Waals surface area contributed by atoms with Gasteiger partial charge in [0.15, 0.2) is 0 Å². The van der Waals surface area contributed by atoms with Gasteiger partial charge in [0.25, 0.3) is 0 Å². The van der Waals surface area contributed by atoms with E-state index in [9.17, 15) is 13.2 Å². The van der Waals surface area contributed by atoms with E-state index in [-0.39, 0.29) is 30.6 Å². The van der Waals surface area contributed by atoms with E-state index in [4.69, 9.17) is 11.6 Å². The van der Waals surface area contributed by atoms with Crippen LogP contribution in [0.2, 0.25) is 5.02 Å². The third-order valence-corrected chi connectivity index (χ3v) is 4.29. The van der Waals surface area contributed by atoms with Crippen molar-refractivity contribution in [3.05, 3.63) is 34.6 Å². The number of rotatable bonds is 4. The Balaban J connectivity index is 2.21. The van der Waals surface area contributed by atoms with Crippen LogP contribution in [0.15, 0.2) is 18.2 Å². The van der Waals surface area contributed by atoms with E-state index in [1.54, 1.807) is 0 Å². The van der Waals surface area contributed by atoms with Gasteiger partial charge in [0.1, 0.15) is 5.82 Å². The lowest BCUT2D eigenvalue weighted by molar-refractivity contribution is -0.0497. The Morgan fingerprint density at radius 1 is 1.35 bits per heavy atom. The highest BCUT2D eigenvalue weighted by atomic mass is 35.5. The van der Waals surface area contributed by atoms with Crippen molar-refractivity contribution in [2.75, 3.05) is 6.54 Å². The Labute approximate surface area is 122 Å². The molecule has 1 nitrogen and oxygen atoms in total. The molecule has 0 spiro atoms. The standard InChI is InChI=1S/C15H19ClF3N/c1-2-20-14(10-5-7-15(18,19)8-6-10)12-9-11(17)3-4-13(12)16/h3-4,9-10,14,20H,2,5-8H2,1H3. The maximum Gasteiger partial charge on any atom is 0.248 e. The number of alkyl halides is 2. The van der Waals surface area contributed by atoms with Gasteiger partial charge in [-0.3, -0.25) is 0 Å². The van der Waals surface area contributed by atoms with Gasteiger partial charge in [-0.1, -0.05) is 18.5 Å². The number of hydrogen-bond donors (Lipinski definition) is 1. The van der Waals surface area contributed by atoms with Gasteiger partial charge in [0.05, 0.1) is 0 Å². The molecule has 1 saturated carbocycles. The van der Waals surface area contributed by atoms with Crippen LogP contribution in [0.25, 0.3) is 0 Å². The molecule has 1 fully saturated rings. The highest BCUT2D eigenvalue weighted by molar-refractivity contribution is 6.31. The van der Waals surface area contributed by atoms with Gasteiger partial charge in [0.2, 0.25) is 5.92 Å². The average Bonchev–Trinajstić information content (AvgIpc) is 2.40. The largest absolute Gasteiger partial charge is 0.310 e. The zero-order valence-electron chi connectivity index (χ0n) is 11.4. The van der Waals surface area contributed by atoms with Gasteiger partial charge in [-0.05, 0) is 49.1 Å². The molecule has 20 heavy (non-hydrogen) atoms. The van der Waals surface area contributed by atoms with Gasteiger partial charge >= 0.3 is 0 Å². The minimum Gasteiger partial charge on any atom is -0.310 e. The van der Waals surface area contributed by atoms with Crippen LogP contribution >= 0.6 is 11.6 Å². The van der Waals surface area contributed by atoms with E-state index in [0.717, 1.165) is 0 Å². The molecule has 0 amide bonds. The molecule has 1 atom stereocenters. The van der Waals surface area contributed by atoms with Crippen molar-refractivity contribution in [3.8, 4) is 0 Å². The van der Waals surface area contributed by atoms with E-state index in [1.165, 1.54) is 18.2 Å². The Morgan fingerprint density at radius 3 is 2.60 bits per heavy atom. The second kappa shape index (κ2) is 6.35. The van der Waals surface area contributed by atoms with Crippen molar-refractivity contribution in [2.24, 2.45) is 5.92 Å². The molecule has 112 valence electrons. The predicted octanol–water partition coefficient (Wildman–Crippen LogP) is 4.96. The fourth-order valence-corrected chi connectivity index (χ4v) is 3.13. The lowest BCUT2D eigenvalue weighted by Gasteiger charge is -2.34. The highest BCUT2D eigenvalue weighted by Crippen LogP contribution is 2.42. The molecule has 0 aromatic heterocycles. The Bertz CT molecular complexity index is 454. The molecule has 1 N–H and O–H groups in total. The van der Waals surface area contributed by atoms with Gasteiger partial charge in [-0.2, -0.15) is 0 Å². The quantitative estimate of drug-likeness (QED) is 0.829. The van der Waals surface area contributed by atoms with Gasteiger partial charge in [0, 0.05) is 23.9 Å². The first-order valence-electron chi connectivity index (χ1n) is 6.99. The molecule has 0 bridgehead atoms. The molecular weight excluding hydrogens is 287 g/mol. The summed E-state index contributed by atoms with van der Waals surface area (Å²) in [5.74, 6) is -2.85. The monoisotopic (exact) mass is 305 g/mol. The normalized spacial score (nSPS) is 20.9. The second-order valence-electron chi connectivity index (χ2n) is 5.39. The van der Waals surface area contributed by atoms with Crippen molar-refractivity contribution in [1.82, 2.24) is 5.32 Å². The molecule has 1 unspecified atom stereocenters. The minimum absolute atomic E-state index is 0.0638. The molecule has 0 radical (unpaired) electrons. The van der Waals surface area contributed by atoms with Crippen LogP contribution in [0.5, 0.6) is 0 Å². The first-order chi connectivity index (χ1) is 9.43. The molecule has 0 saturated heterocycles. The zero-order valence-corrected chi connectivity index (χ0v) is 12.2. The van der Waals surface area contributed by atoms with Crippen molar-refractivity contribution in [3.63, 3.8) is 0 Å². The van der Waals surface area contributed by atoms with Gasteiger partial charge < -0.3 is 5.32 Å². The average molecular weight is 306 g/mol. The smallest absolute Gasteiger partial charge is 0.248 e. The SMILES string of the molecule is CCNC(c1cc(F)ccc1Cl)C1CCC(F)(F)CC1. The molecule has 1 aliphatic carbocycles. The molecule has 1 aromatic carbocycles. The van der Waals surface area contributed by atoms with Crippen LogP contribution in [-0.2, 0) is 0 Å². The summed E-state index contributed by atoms with van der Waals surface area (Å²) in [7, 11) is 0. The van der Waals surface area contributed by atoms with E-state index in [2.05, 4.69) is 5.32 Å². The predicted molar refractivity (Wildman–Crippen MR) is 74.7 cm³/mol. The molecule has 0 heterocycles. The Hall–Kier alpha value is -0.740. The molecule has 5 heteroatoms. The molecular formula is C15H19ClF3N. The summed E-state index contributed by atoms with van der Waals surface area (Å²) in [6, 6.07) is 4.07. The summed E-state index contributed by atoms with van der Waals surface area (Å²) in [5.41, 5.74) is 0.670. The van der Waals surface area contributed by atoms with Crippen LogP contribution in [0.3, 0.4) is 0 Å². The molecule has 2 rings (SSSR count). The lowest BCUT2D eigenvalue weighted by Crippen LogP contribution is -2.34. The summed E-state index contributed by atoms with van der Waals surface area (Å²) < 4.78 is 40.0. The van der Waals surface area contributed by atoms with Crippen molar-refractivity contribution in [1.29, 1.82) is 0 Å². The first-order valence-corrected chi connectivity index (χ1v) is 7.37. The first kappa shape index (κ1) is 15.6. The third-order valence-electron chi connectivity index (χ3n) is 3.95. The topological polar surface area (TPSA) is 12.0 Å². The number of hydrogen-bond acceptors (Lipinski definition) is 1. The minimum atomic E-state index is -2.56. The number of benzene rings is 1. The van der Waals surface area contributed by atoms with E-state index in [0.29, 0.717) is 30.0 Å². The fourth-order valence-electron chi connectivity index (χ4n) is 2.90. The van der Waals surface area contributed by atoms with Crippen LogP contribution in [0, 0.1) is 11.7 Å². The zero-order chi connectivity index (χ0) is 14.8. The van der Waals surface area contributed by atoms with Gasteiger partial charge in [-0.25, -0.2) is 13.2 Å². The van der Waals surface area contributed by atoms with Crippen molar-refractivity contribution in [2.45, 2.75) is 44.6 Å². The van der Waals surface area contributed by atoms with E-state index in [1.807, 2.05) is 6.92 Å². The van der Waals surface area contributed by atoms with Gasteiger partial charge in [-0.15, -0.1) is 0 Å². The van der Waals surface area contributed by atoms with Crippen molar-refractivity contribution < 1.29 is 13.2 Å². The number of halogens is 4. The second-order valence-corrected chi connectivity index (χ2v) is 5.80. The highest BCUT2D eigenvalue weighted by Gasteiger charge is 2.38. The van der Waals surface area contributed by atoms with Crippen LogP contribution in [0.4, 0.5) is 13.2 Å². The summed E-state index contributed by atoms with van der Waals surface area (Å²) in [6.07, 6.45) is 0.647. The van der Waals surface area contributed by atoms with E-state index >= 15 is 0 Å².